The van der Waals surface area contributed by atoms with Crippen molar-refractivity contribution in [3.8, 4) is 5.75 Å². The van der Waals surface area contributed by atoms with Crippen molar-refractivity contribution in [2.45, 2.75) is 31.1 Å². The Morgan fingerprint density at radius 3 is 2.70 bits per heavy atom. The van der Waals surface area contributed by atoms with E-state index in [9.17, 15) is 22.8 Å². The molecular formula is C18H23ClN4O6S. The van der Waals surface area contributed by atoms with Gasteiger partial charge in [-0.15, -0.1) is 0 Å². The summed E-state index contributed by atoms with van der Waals surface area (Å²) < 4.78 is 32.4. The van der Waals surface area contributed by atoms with Crippen LogP contribution >= 0.6 is 11.6 Å². The van der Waals surface area contributed by atoms with E-state index in [1.807, 2.05) is 5.32 Å². The fourth-order valence-corrected chi connectivity index (χ4v) is 5.92. The fraction of sp³-hybridized carbons (Fsp3) is 0.500. The lowest BCUT2D eigenvalue weighted by Gasteiger charge is -2.36. The summed E-state index contributed by atoms with van der Waals surface area (Å²) in [5, 5.41) is 6.03. The highest BCUT2D eigenvalue weighted by Crippen LogP contribution is 2.29. The van der Waals surface area contributed by atoms with Gasteiger partial charge in [-0.2, -0.15) is 0 Å². The maximum Gasteiger partial charge on any atom is 0.321 e. The molecule has 0 spiro atoms. The van der Waals surface area contributed by atoms with Gasteiger partial charge in [-0.25, -0.2) is 17.5 Å². The third-order valence-corrected chi connectivity index (χ3v) is 7.77. The number of methoxy groups -OCH3 is 1. The minimum Gasteiger partial charge on any atom is -0.495 e. The summed E-state index contributed by atoms with van der Waals surface area (Å²) in [5.41, 5.74) is 0.466. The summed E-state index contributed by atoms with van der Waals surface area (Å²) in [7, 11) is -2.59. The Morgan fingerprint density at radius 1 is 1.33 bits per heavy atom. The molecule has 1 aromatic rings. The van der Waals surface area contributed by atoms with Crippen LogP contribution in [0.3, 0.4) is 0 Å². The number of ether oxygens (including phenoxy) is 1. The number of carbonyl (C=O) groups excluding carboxylic acids is 3. The second kappa shape index (κ2) is 8.78. The van der Waals surface area contributed by atoms with Crippen LogP contribution in [0.1, 0.15) is 19.8 Å². The van der Waals surface area contributed by atoms with Crippen molar-refractivity contribution in [2.24, 2.45) is 5.92 Å². The van der Waals surface area contributed by atoms with Crippen molar-refractivity contribution in [1.82, 2.24) is 14.9 Å². The lowest BCUT2D eigenvalue weighted by atomic mass is 9.98. The smallest absolute Gasteiger partial charge is 0.321 e. The van der Waals surface area contributed by atoms with Crippen LogP contribution in [0.4, 0.5) is 10.5 Å². The molecule has 164 valence electrons. The fourth-order valence-electron chi connectivity index (χ4n) is 3.66. The van der Waals surface area contributed by atoms with E-state index in [1.165, 1.54) is 14.0 Å². The second-order valence-electron chi connectivity index (χ2n) is 7.25. The molecule has 0 bridgehead atoms. The molecule has 12 heteroatoms. The average molecular weight is 459 g/mol. The predicted octanol–water partition coefficient (Wildman–Crippen LogP) is 0.925. The molecule has 0 aromatic heterocycles. The third-order valence-electron chi connectivity index (χ3n) is 5.16. The minimum atomic E-state index is -4.07. The van der Waals surface area contributed by atoms with Crippen LogP contribution in [0.25, 0.3) is 0 Å². The topological polar surface area (TPSA) is 134 Å². The molecule has 0 aliphatic carbocycles. The number of nitrogens with zero attached hydrogens (tertiary/aromatic N) is 1. The SMILES string of the molecule is COc1ccc(NC(=O)C2CCCN(S(=O)(=O)C3C(=O)NC(=O)NC3C)C2)cc1Cl. The largest absolute Gasteiger partial charge is 0.495 e. The number of halogens is 1. The first-order valence-corrected chi connectivity index (χ1v) is 11.3. The van der Waals surface area contributed by atoms with Crippen molar-refractivity contribution in [3.63, 3.8) is 0 Å². The molecular weight excluding hydrogens is 436 g/mol. The van der Waals surface area contributed by atoms with Crippen LogP contribution in [0.2, 0.25) is 5.02 Å². The van der Waals surface area contributed by atoms with Crippen molar-refractivity contribution in [1.29, 1.82) is 0 Å². The van der Waals surface area contributed by atoms with Gasteiger partial charge in [0.25, 0.3) is 0 Å². The average Bonchev–Trinajstić information content (AvgIpc) is 2.67. The molecule has 10 nitrogen and oxygen atoms in total. The quantitative estimate of drug-likeness (QED) is 0.600. The van der Waals surface area contributed by atoms with Crippen molar-refractivity contribution < 1.29 is 27.5 Å². The van der Waals surface area contributed by atoms with Gasteiger partial charge in [-0.05, 0) is 38.0 Å². The molecule has 4 amide bonds. The van der Waals surface area contributed by atoms with Gasteiger partial charge < -0.3 is 15.4 Å². The molecule has 2 heterocycles. The van der Waals surface area contributed by atoms with Gasteiger partial charge in [0.15, 0.2) is 5.25 Å². The highest BCUT2D eigenvalue weighted by Gasteiger charge is 2.46. The number of hydrogen-bond donors (Lipinski definition) is 3. The van der Waals surface area contributed by atoms with Gasteiger partial charge in [0, 0.05) is 18.8 Å². The number of urea groups is 1. The van der Waals surface area contributed by atoms with Crippen LogP contribution in [0.15, 0.2) is 18.2 Å². The summed E-state index contributed by atoms with van der Waals surface area (Å²) in [6, 6.07) is 3.19. The van der Waals surface area contributed by atoms with E-state index in [1.54, 1.807) is 18.2 Å². The number of rotatable bonds is 5. The van der Waals surface area contributed by atoms with E-state index in [0.29, 0.717) is 29.3 Å². The molecule has 2 aliphatic heterocycles. The lowest BCUT2D eigenvalue weighted by molar-refractivity contribution is -0.121. The second-order valence-corrected chi connectivity index (χ2v) is 9.71. The molecule has 3 unspecified atom stereocenters. The Labute approximate surface area is 179 Å². The van der Waals surface area contributed by atoms with Crippen molar-refractivity contribution >= 4 is 45.2 Å². The van der Waals surface area contributed by atoms with Crippen LogP contribution in [0.5, 0.6) is 5.75 Å². The van der Waals surface area contributed by atoms with E-state index in [2.05, 4.69) is 10.6 Å². The Kier molecular flexibility index (Phi) is 6.53. The zero-order valence-corrected chi connectivity index (χ0v) is 18.0. The Bertz CT molecular complexity index is 969. The Morgan fingerprint density at radius 2 is 2.07 bits per heavy atom. The molecule has 2 aliphatic rings. The number of carbonyl (C=O) groups is 3. The van der Waals surface area contributed by atoms with E-state index < -0.39 is 39.2 Å². The summed E-state index contributed by atoms with van der Waals surface area (Å²) in [4.78, 5) is 36.3. The minimum absolute atomic E-state index is 0.0531. The van der Waals surface area contributed by atoms with Crippen LogP contribution in [-0.2, 0) is 19.6 Å². The summed E-state index contributed by atoms with van der Waals surface area (Å²) >= 11 is 6.07. The Balaban J connectivity index is 1.71. The normalized spacial score (nSPS) is 25.2. The number of imide groups is 1. The van der Waals surface area contributed by atoms with Gasteiger partial charge in [0.2, 0.25) is 21.8 Å². The number of piperidine rings is 1. The number of amides is 4. The van der Waals surface area contributed by atoms with Gasteiger partial charge in [-0.1, -0.05) is 11.6 Å². The number of benzene rings is 1. The number of hydrogen-bond acceptors (Lipinski definition) is 6. The zero-order valence-electron chi connectivity index (χ0n) is 16.5. The summed E-state index contributed by atoms with van der Waals surface area (Å²) in [6.07, 6.45) is 0.973. The van der Waals surface area contributed by atoms with Gasteiger partial charge >= 0.3 is 6.03 Å². The maximum absolute atomic E-state index is 13.1. The number of nitrogens with one attached hydrogen (secondary N) is 3. The Hall–Kier alpha value is -2.37. The van der Waals surface area contributed by atoms with E-state index in [0.717, 1.165) is 4.31 Å². The summed E-state index contributed by atoms with van der Waals surface area (Å²) in [5.74, 6) is -1.33. The lowest BCUT2D eigenvalue weighted by Crippen LogP contribution is -2.65. The summed E-state index contributed by atoms with van der Waals surface area (Å²) in [6.45, 7) is 1.60. The molecule has 2 saturated heterocycles. The first-order valence-electron chi connectivity index (χ1n) is 9.38. The zero-order chi connectivity index (χ0) is 22.1. The van der Waals surface area contributed by atoms with Gasteiger partial charge in [0.05, 0.1) is 24.1 Å². The molecule has 2 fully saturated rings. The number of anilines is 1. The van der Waals surface area contributed by atoms with Crippen molar-refractivity contribution in [3.05, 3.63) is 23.2 Å². The van der Waals surface area contributed by atoms with Gasteiger partial charge in [0.1, 0.15) is 5.75 Å². The first kappa shape index (κ1) is 22.3. The maximum atomic E-state index is 13.1. The van der Waals surface area contributed by atoms with Gasteiger partial charge in [-0.3, -0.25) is 14.9 Å². The molecule has 1 aromatic carbocycles. The highest BCUT2D eigenvalue weighted by atomic mass is 35.5. The van der Waals surface area contributed by atoms with Crippen LogP contribution in [-0.4, -0.2) is 62.1 Å². The molecule has 3 N–H and O–H groups in total. The van der Waals surface area contributed by atoms with Crippen molar-refractivity contribution in [2.75, 3.05) is 25.5 Å². The van der Waals surface area contributed by atoms with E-state index in [4.69, 9.17) is 16.3 Å². The van der Waals surface area contributed by atoms with E-state index in [-0.39, 0.29) is 19.0 Å². The molecule has 0 radical (unpaired) electrons. The number of sulfonamides is 1. The van der Waals surface area contributed by atoms with Crippen LogP contribution in [0, 0.1) is 5.92 Å². The third kappa shape index (κ3) is 4.52. The predicted molar refractivity (Wildman–Crippen MR) is 110 cm³/mol. The molecule has 30 heavy (non-hydrogen) atoms. The monoisotopic (exact) mass is 458 g/mol. The molecule has 3 rings (SSSR count). The molecule has 3 atom stereocenters. The molecule has 0 saturated carbocycles. The standard InChI is InChI=1S/C18H23ClN4O6S/c1-10-15(17(25)22-18(26)20-10)30(27,28)23-7-3-4-11(9-23)16(24)21-12-5-6-14(29-2)13(19)8-12/h5-6,8,10-11,15H,3-4,7,9H2,1-2H3,(H,21,24)(H2,20,22,25,26). The first-order chi connectivity index (χ1) is 14.1. The highest BCUT2D eigenvalue weighted by molar-refractivity contribution is 7.90. The van der Waals surface area contributed by atoms with E-state index >= 15 is 0 Å². The van der Waals surface area contributed by atoms with Crippen LogP contribution < -0.4 is 20.7 Å².